The molecule has 1 aliphatic rings. The van der Waals surface area contributed by atoms with Crippen LogP contribution in [0.4, 0.5) is 4.79 Å². The Morgan fingerprint density at radius 2 is 1.82 bits per heavy atom. The van der Waals surface area contributed by atoms with E-state index in [2.05, 4.69) is 0 Å². The summed E-state index contributed by atoms with van der Waals surface area (Å²) in [5, 5.41) is 9.19. The Kier molecular flexibility index (Phi) is 5.41. The first-order valence-electron chi connectivity index (χ1n) is 7.70. The molecule has 1 amide bonds. The highest BCUT2D eigenvalue weighted by atomic mass is 16.6. The lowest BCUT2D eigenvalue weighted by Crippen LogP contribution is -2.52. The number of hydrogen-bond donors (Lipinski definition) is 1. The van der Waals surface area contributed by atoms with Gasteiger partial charge in [-0.05, 0) is 18.4 Å². The molecular weight excluding hydrogens is 282 g/mol. The number of hydrogen-bond acceptors (Lipinski definition) is 3. The molecule has 1 aromatic carbocycles. The van der Waals surface area contributed by atoms with Crippen molar-refractivity contribution in [3.63, 3.8) is 0 Å². The summed E-state index contributed by atoms with van der Waals surface area (Å²) in [6, 6.07) is 9.46. The molecule has 1 saturated carbocycles. The Morgan fingerprint density at radius 3 is 2.41 bits per heavy atom. The molecule has 0 saturated heterocycles. The van der Waals surface area contributed by atoms with Gasteiger partial charge < -0.3 is 14.7 Å². The van der Waals surface area contributed by atoms with E-state index in [1.54, 1.807) is 7.05 Å². The molecule has 22 heavy (non-hydrogen) atoms. The van der Waals surface area contributed by atoms with Crippen molar-refractivity contribution in [3.05, 3.63) is 35.9 Å². The number of aliphatic carboxylic acids is 1. The molecule has 0 aliphatic heterocycles. The summed E-state index contributed by atoms with van der Waals surface area (Å²) in [6.45, 7) is 0.202. The predicted molar refractivity (Wildman–Crippen MR) is 82.5 cm³/mol. The van der Waals surface area contributed by atoms with E-state index in [0.29, 0.717) is 0 Å². The Morgan fingerprint density at radius 1 is 1.18 bits per heavy atom. The van der Waals surface area contributed by atoms with Gasteiger partial charge in [0.25, 0.3) is 0 Å². The van der Waals surface area contributed by atoms with Gasteiger partial charge in [0.15, 0.2) is 0 Å². The van der Waals surface area contributed by atoms with Crippen LogP contribution in [0.5, 0.6) is 0 Å². The zero-order valence-electron chi connectivity index (χ0n) is 13.0. The van der Waals surface area contributed by atoms with Crippen LogP contribution in [-0.4, -0.2) is 34.7 Å². The second-order valence-electron chi connectivity index (χ2n) is 5.95. The van der Waals surface area contributed by atoms with Crippen molar-refractivity contribution in [3.8, 4) is 0 Å². The summed E-state index contributed by atoms with van der Waals surface area (Å²) < 4.78 is 5.34. The Labute approximate surface area is 130 Å². The van der Waals surface area contributed by atoms with Crippen LogP contribution < -0.4 is 0 Å². The van der Waals surface area contributed by atoms with Gasteiger partial charge in [-0.1, -0.05) is 49.6 Å². The number of carboxylic acid groups (broad SMARTS) is 1. The molecule has 0 unspecified atom stereocenters. The van der Waals surface area contributed by atoms with Gasteiger partial charge in [0.2, 0.25) is 0 Å². The minimum Gasteiger partial charge on any atom is -0.481 e. The minimum atomic E-state index is -0.871. The monoisotopic (exact) mass is 305 g/mol. The van der Waals surface area contributed by atoms with Gasteiger partial charge in [-0.15, -0.1) is 0 Å². The smallest absolute Gasteiger partial charge is 0.410 e. The second kappa shape index (κ2) is 7.29. The Hall–Kier alpha value is -2.04. The first-order valence-corrected chi connectivity index (χ1v) is 7.70. The van der Waals surface area contributed by atoms with Gasteiger partial charge in [0.1, 0.15) is 6.61 Å². The van der Waals surface area contributed by atoms with E-state index in [4.69, 9.17) is 4.74 Å². The highest BCUT2D eigenvalue weighted by Crippen LogP contribution is 2.36. The molecule has 1 fully saturated rings. The number of rotatable bonds is 5. The lowest BCUT2D eigenvalue weighted by molar-refractivity contribution is -0.140. The standard InChI is InChI=1S/C17H23NO4/c1-18(16(21)22-13-14-8-4-2-5-9-14)17(12-15(19)20)10-6-3-7-11-17/h2,4-5,8-9H,3,6-7,10-13H2,1H3,(H,19,20). The molecule has 0 aromatic heterocycles. The lowest BCUT2D eigenvalue weighted by atomic mass is 9.78. The molecule has 120 valence electrons. The third-order valence-corrected chi connectivity index (χ3v) is 4.46. The molecule has 0 heterocycles. The van der Waals surface area contributed by atoms with Crippen molar-refractivity contribution in [1.29, 1.82) is 0 Å². The van der Waals surface area contributed by atoms with Gasteiger partial charge in [-0.2, -0.15) is 0 Å². The van der Waals surface area contributed by atoms with Crippen LogP contribution in [-0.2, 0) is 16.1 Å². The average Bonchev–Trinajstić information content (AvgIpc) is 2.53. The van der Waals surface area contributed by atoms with Crippen LogP contribution in [0.3, 0.4) is 0 Å². The fourth-order valence-corrected chi connectivity index (χ4v) is 3.13. The van der Waals surface area contributed by atoms with E-state index in [1.165, 1.54) is 4.90 Å². The third kappa shape index (κ3) is 4.00. The maximum Gasteiger partial charge on any atom is 0.410 e. The fourth-order valence-electron chi connectivity index (χ4n) is 3.13. The van der Waals surface area contributed by atoms with E-state index in [1.807, 2.05) is 30.3 Å². The quantitative estimate of drug-likeness (QED) is 0.905. The summed E-state index contributed by atoms with van der Waals surface area (Å²) in [7, 11) is 1.65. The van der Waals surface area contributed by atoms with Gasteiger partial charge >= 0.3 is 12.1 Å². The Bertz CT molecular complexity index is 509. The number of carbonyl (C=O) groups excluding carboxylic acids is 1. The number of benzene rings is 1. The van der Waals surface area contributed by atoms with Crippen LogP contribution in [0.15, 0.2) is 30.3 Å². The summed E-state index contributed by atoms with van der Waals surface area (Å²) in [6.07, 6.45) is 3.95. The molecule has 0 bridgehead atoms. The number of nitrogens with zero attached hydrogens (tertiary/aromatic N) is 1. The fraction of sp³-hybridized carbons (Fsp3) is 0.529. The second-order valence-corrected chi connectivity index (χ2v) is 5.95. The molecule has 2 rings (SSSR count). The molecular formula is C17H23NO4. The largest absolute Gasteiger partial charge is 0.481 e. The molecule has 1 N–H and O–H groups in total. The molecule has 5 nitrogen and oxygen atoms in total. The predicted octanol–water partition coefficient (Wildman–Crippen LogP) is 3.43. The van der Waals surface area contributed by atoms with Crippen LogP contribution in [0.1, 0.15) is 44.1 Å². The van der Waals surface area contributed by atoms with Gasteiger partial charge in [0, 0.05) is 7.05 Å². The highest BCUT2D eigenvalue weighted by Gasteiger charge is 2.41. The Balaban J connectivity index is 2.01. The summed E-state index contributed by atoms with van der Waals surface area (Å²) in [4.78, 5) is 25.0. The van der Waals surface area contributed by atoms with Crippen LogP contribution in [0, 0.1) is 0 Å². The molecule has 1 aliphatic carbocycles. The number of carbonyl (C=O) groups is 2. The van der Waals surface area contributed by atoms with E-state index in [0.717, 1.165) is 37.7 Å². The zero-order chi connectivity index (χ0) is 16.0. The van der Waals surface area contributed by atoms with E-state index in [-0.39, 0.29) is 13.0 Å². The van der Waals surface area contributed by atoms with Gasteiger partial charge in [-0.3, -0.25) is 4.79 Å². The van der Waals surface area contributed by atoms with E-state index < -0.39 is 17.6 Å². The minimum absolute atomic E-state index is 0.0239. The van der Waals surface area contributed by atoms with Crippen molar-refractivity contribution >= 4 is 12.1 Å². The molecule has 5 heteroatoms. The van der Waals surface area contributed by atoms with Gasteiger partial charge in [0.05, 0.1) is 12.0 Å². The number of amides is 1. The van der Waals surface area contributed by atoms with E-state index >= 15 is 0 Å². The first-order chi connectivity index (χ1) is 10.5. The maximum absolute atomic E-state index is 12.3. The van der Waals surface area contributed by atoms with Crippen molar-refractivity contribution in [1.82, 2.24) is 4.90 Å². The number of carboxylic acids is 1. The van der Waals surface area contributed by atoms with Crippen molar-refractivity contribution in [2.45, 2.75) is 50.7 Å². The maximum atomic E-state index is 12.3. The third-order valence-electron chi connectivity index (χ3n) is 4.46. The lowest BCUT2D eigenvalue weighted by Gasteiger charge is -2.43. The topological polar surface area (TPSA) is 66.8 Å². The average molecular weight is 305 g/mol. The van der Waals surface area contributed by atoms with Crippen molar-refractivity contribution in [2.75, 3.05) is 7.05 Å². The molecule has 0 radical (unpaired) electrons. The number of ether oxygens (including phenoxy) is 1. The molecule has 0 spiro atoms. The normalized spacial score (nSPS) is 16.8. The highest BCUT2D eigenvalue weighted by molar-refractivity contribution is 5.72. The summed E-state index contributed by atoms with van der Waals surface area (Å²) >= 11 is 0. The van der Waals surface area contributed by atoms with Crippen LogP contribution in [0.25, 0.3) is 0 Å². The van der Waals surface area contributed by atoms with E-state index in [9.17, 15) is 14.7 Å². The molecule has 1 aromatic rings. The summed E-state index contributed by atoms with van der Waals surface area (Å²) in [5.74, 6) is -0.871. The first kappa shape index (κ1) is 16.3. The van der Waals surface area contributed by atoms with Gasteiger partial charge in [-0.25, -0.2) is 4.79 Å². The summed E-state index contributed by atoms with van der Waals surface area (Å²) in [5.41, 5.74) is 0.304. The van der Waals surface area contributed by atoms with Crippen LogP contribution in [0.2, 0.25) is 0 Å². The zero-order valence-corrected chi connectivity index (χ0v) is 13.0. The van der Waals surface area contributed by atoms with Crippen LogP contribution >= 0.6 is 0 Å². The van der Waals surface area contributed by atoms with Crippen molar-refractivity contribution in [2.24, 2.45) is 0 Å². The van der Waals surface area contributed by atoms with Crippen molar-refractivity contribution < 1.29 is 19.4 Å². The SMILES string of the molecule is CN(C(=O)OCc1ccccc1)C1(CC(=O)O)CCCCC1. The molecule has 0 atom stereocenters.